The van der Waals surface area contributed by atoms with E-state index in [0.717, 1.165) is 25.7 Å². The highest BCUT2D eigenvalue weighted by Gasteiger charge is 2.28. The molecule has 0 aromatic carbocycles. The zero-order valence-corrected chi connectivity index (χ0v) is 8.94. The summed E-state index contributed by atoms with van der Waals surface area (Å²) in [5, 5.41) is 2.93. The largest absolute Gasteiger partial charge is 0.309 e. The fourth-order valence-electron chi connectivity index (χ4n) is 2.37. The Morgan fingerprint density at radius 1 is 1.14 bits per heavy atom. The first kappa shape index (κ1) is 11.9. The first-order valence-electron chi connectivity index (χ1n) is 5.77. The molecule has 0 aromatic heterocycles. The van der Waals surface area contributed by atoms with Crippen LogP contribution in [0.4, 0.5) is 8.78 Å². The van der Waals surface area contributed by atoms with E-state index < -0.39 is 12.5 Å². The first-order chi connectivity index (χ1) is 6.75. The normalized spacial score (nSPS) is 22.3. The molecule has 0 radical (unpaired) electrons. The van der Waals surface area contributed by atoms with Gasteiger partial charge in [-0.15, -0.1) is 0 Å². The Hall–Kier alpha value is -0.180. The summed E-state index contributed by atoms with van der Waals surface area (Å²) in [7, 11) is 0. The third-order valence-electron chi connectivity index (χ3n) is 3.12. The smallest absolute Gasteiger partial charge is 0.253 e. The highest BCUT2D eigenvalue weighted by molar-refractivity contribution is 4.79. The maximum atomic E-state index is 12.7. The zero-order chi connectivity index (χ0) is 10.4. The Bertz CT molecular complexity index is 142. The summed E-state index contributed by atoms with van der Waals surface area (Å²) in [5.74, 6) is 0.192. The number of hydrogen-bond donors (Lipinski definition) is 1. The lowest BCUT2D eigenvalue weighted by Crippen LogP contribution is -2.41. The summed E-state index contributed by atoms with van der Waals surface area (Å²) in [5.41, 5.74) is 0. The van der Waals surface area contributed by atoms with Crippen LogP contribution in [0.3, 0.4) is 0 Å². The molecule has 1 atom stereocenters. The van der Waals surface area contributed by atoms with Crippen molar-refractivity contribution in [1.29, 1.82) is 0 Å². The van der Waals surface area contributed by atoms with Crippen LogP contribution in [-0.4, -0.2) is 19.0 Å². The molecule has 1 rings (SSSR count). The van der Waals surface area contributed by atoms with Gasteiger partial charge in [-0.1, -0.05) is 32.6 Å². The minimum absolute atomic E-state index is 0.192. The van der Waals surface area contributed by atoms with Crippen LogP contribution in [0.5, 0.6) is 0 Å². The van der Waals surface area contributed by atoms with Gasteiger partial charge in [-0.2, -0.15) is 0 Å². The molecular formula is C11H21F2N. The standard InChI is InChI=1S/C11H21F2N/c1-2-14-10(11(12)13)9-7-5-3-4-6-8-9/h9-11,14H,2-8H2,1H3. The Morgan fingerprint density at radius 2 is 1.71 bits per heavy atom. The van der Waals surface area contributed by atoms with Crippen LogP contribution in [-0.2, 0) is 0 Å². The van der Waals surface area contributed by atoms with E-state index in [-0.39, 0.29) is 5.92 Å². The van der Waals surface area contributed by atoms with Crippen molar-refractivity contribution in [3.8, 4) is 0 Å². The molecule has 1 saturated carbocycles. The van der Waals surface area contributed by atoms with E-state index in [4.69, 9.17) is 0 Å². The van der Waals surface area contributed by atoms with Crippen molar-refractivity contribution < 1.29 is 8.78 Å². The summed E-state index contributed by atoms with van der Waals surface area (Å²) < 4.78 is 25.5. The summed E-state index contributed by atoms with van der Waals surface area (Å²) in [4.78, 5) is 0. The average Bonchev–Trinajstić information content (AvgIpc) is 2.41. The van der Waals surface area contributed by atoms with Gasteiger partial charge in [0.15, 0.2) is 0 Å². The predicted molar refractivity (Wildman–Crippen MR) is 54.7 cm³/mol. The molecule has 1 aliphatic carbocycles. The average molecular weight is 205 g/mol. The molecule has 1 fully saturated rings. The Labute approximate surface area is 85.3 Å². The predicted octanol–water partition coefficient (Wildman–Crippen LogP) is 3.20. The molecule has 0 bridgehead atoms. The van der Waals surface area contributed by atoms with Crippen molar-refractivity contribution >= 4 is 0 Å². The van der Waals surface area contributed by atoms with Crippen LogP contribution >= 0.6 is 0 Å². The Morgan fingerprint density at radius 3 is 2.14 bits per heavy atom. The maximum Gasteiger partial charge on any atom is 0.253 e. The van der Waals surface area contributed by atoms with Gasteiger partial charge in [-0.05, 0) is 25.3 Å². The van der Waals surface area contributed by atoms with Gasteiger partial charge in [0.25, 0.3) is 6.43 Å². The SMILES string of the molecule is CCNC(C(F)F)C1CCCCCC1. The van der Waals surface area contributed by atoms with Gasteiger partial charge in [-0.25, -0.2) is 8.78 Å². The highest BCUT2D eigenvalue weighted by Crippen LogP contribution is 2.27. The molecule has 0 amide bonds. The lowest BCUT2D eigenvalue weighted by molar-refractivity contribution is 0.0651. The van der Waals surface area contributed by atoms with E-state index >= 15 is 0 Å². The number of hydrogen-bond acceptors (Lipinski definition) is 1. The van der Waals surface area contributed by atoms with E-state index in [2.05, 4.69) is 5.32 Å². The van der Waals surface area contributed by atoms with Crippen molar-refractivity contribution in [2.45, 2.75) is 57.9 Å². The Kier molecular flexibility index (Phi) is 5.38. The number of rotatable bonds is 4. The Balaban J connectivity index is 2.46. The fraction of sp³-hybridized carbons (Fsp3) is 1.00. The highest BCUT2D eigenvalue weighted by atomic mass is 19.3. The molecule has 0 heterocycles. The third-order valence-corrected chi connectivity index (χ3v) is 3.12. The molecule has 0 spiro atoms. The van der Waals surface area contributed by atoms with Crippen LogP contribution in [0, 0.1) is 5.92 Å². The molecule has 14 heavy (non-hydrogen) atoms. The van der Waals surface area contributed by atoms with Gasteiger partial charge in [0.05, 0.1) is 6.04 Å². The molecule has 1 nitrogen and oxygen atoms in total. The van der Waals surface area contributed by atoms with Crippen LogP contribution in [0.2, 0.25) is 0 Å². The summed E-state index contributed by atoms with van der Waals surface area (Å²) >= 11 is 0. The summed E-state index contributed by atoms with van der Waals surface area (Å²) in [6.07, 6.45) is 4.43. The van der Waals surface area contributed by atoms with Crippen molar-refractivity contribution in [2.24, 2.45) is 5.92 Å². The van der Waals surface area contributed by atoms with E-state index in [1.54, 1.807) is 0 Å². The monoisotopic (exact) mass is 205 g/mol. The van der Waals surface area contributed by atoms with Gasteiger partial charge in [-0.3, -0.25) is 0 Å². The molecule has 0 saturated heterocycles. The van der Waals surface area contributed by atoms with Crippen molar-refractivity contribution in [3.63, 3.8) is 0 Å². The van der Waals surface area contributed by atoms with Crippen LogP contribution < -0.4 is 5.32 Å². The summed E-state index contributed by atoms with van der Waals surface area (Å²) in [6.45, 7) is 2.54. The topological polar surface area (TPSA) is 12.0 Å². The lowest BCUT2D eigenvalue weighted by atomic mass is 9.92. The number of halogens is 2. The zero-order valence-electron chi connectivity index (χ0n) is 8.94. The molecule has 84 valence electrons. The van der Waals surface area contributed by atoms with Crippen LogP contribution in [0.1, 0.15) is 45.4 Å². The second-order valence-electron chi connectivity index (χ2n) is 4.17. The minimum atomic E-state index is -2.21. The van der Waals surface area contributed by atoms with Crippen LogP contribution in [0.25, 0.3) is 0 Å². The van der Waals surface area contributed by atoms with Gasteiger partial charge in [0.1, 0.15) is 0 Å². The maximum absolute atomic E-state index is 12.7. The first-order valence-corrected chi connectivity index (χ1v) is 5.77. The van der Waals surface area contributed by atoms with E-state index in [9.17, 15) is 8.78 Å². The number of nitrogens with one attached hydrogen (secondary N) is 1. The molecule has 0 aromatic rings. The molecule has 0 aliphatic heterocycles. The molecule has 1 aliphatic rings. The molecule has 1 unspecified atom stereocenters. The van der Waals surface area contributed by atoms with Gasteiger partial charge in [0.2, 0.25) is 0 Å². The summed E-state index contributed by atoms with van der Waals surface area (Å²) in [6, 6.07) is -0.571. The van der Waals surface area contributed by atoms with Crippen molar-refractivity contribution in [1.82, 2.24) is 5.32 Å². The number of alkyl halides is 2. The third kappa shape index (κ3) is 3.52. The lowest BCUT2D eigenvalue weighted by Gasteiger charge is -2.26. The minimum Gasteiger partial charge on any atom is -0.309 e. The quantitative estimate of drug-likeness (QED) is 0.695. The second kappa shape index (κ2) is 6.33. The van der Waals surface area contributed by atoms with Crippen molar-refractivity contribution in [2.75, 3.05) is 6.54 Å². The molecule has 3 heteroatoms. The van der Waals surface area contributed by atoms with E-state index in [1.807, 2.05) is 6.92 Å². The van der Waals surface area contributed by atoms with Crippen LogP contribution in [0.15, 0.2) is 0 Å². The van der Waals surface area contributed by atoms with E-state index in [1.165, 1.54) is 12.8 Å². The molecule has 1 N–H and O–H groups in total. The van der Waals surface area contributed by atoms with Gasteiger partial charge in [0, 0.05) is 0 Å². The second-order valence-corrected chi connectivity index (χ2v) is 4.17. The van der Waals surface area contributed by atoms with E-state index in [0.29, 0.717) is 6.54 Å². The fourth-order valence-corrected chi connectivity index (χ4v) is 2.37. The molecular weight excluding hydrogens is 184 g/mol. The van der Waals surface area contributed by atoms with Gasteiger partial charge < -0.3 is 5.32 Å². The van der Waals surface area contributed by atoms with Gasteiger partial charge >= 0.3 is 0 Å². The van der Waals surface area contributed by atoms with Crippen molar-refractivity contribution in [3.05, 3.63) is 0 Å².